The minimum Gasteiger partial charge on any atom is -0.411 e. The molecule has 0 bridgehead atoms. The van der Waals surface area contributed by atoms with Gasteiger partial charge in [0.05, 0.1) is 11.3 Å². The van der Waals surface area contributed by atoms with Crippen molar-refractivity contribution in [3.8, 4) is 17.5 Å². The van der Waals surface area contributed by atoms with Crippen molar-refractivity contribution in [1.29, 1.82) is 5.26 Å². The van der Waals surface area contributed by atoms with E-state index in [2.05, 4.69) is 21.6 Å². The van der Waals surface area contributed by atoms with Crippen molar-refractivity contribution in [2.24, 2.45) is 5.92 Å². The van der Waals surface area contributed by atoms with Crippen molar-refractivity contribution >= 4 is 17.7 Å². The van der Waals surface area contributed by atoms with Crippen LogP contribution in [-0.4, -0.2) is 26.9 Å². The Morgan fingerprint density at radius 2 is 2.00 bits per heavy atom. The summed E-state index contributed by atoms with van der Waals surface area (Å²) in [4.78, 5) is 12.4. The second kappa shape index (κ2) is 7.70. The zero-order valence-electron chi connectivity index (χ0n) is 15.0. The van der Waals surface area contributed by atoms with Gasteiger partial charge in [-0.1, -0.05) is 43.8 Å². The van der Waals surface area contributed by atoms with Crippen LogP contribution in [0, 0.1) is 24.2 Å². The maximum absolute atomic E-state index is 12.4. The molecule has 0 fully saturated rings. The third-order valence-corrected chi connectivity index (χ3v) is 5.13. The van der Waals surface area contributed by atoms with Crippen LogP contribution in [0.15, 0.2) is 33.9 Å². The number of thioether (sulfide) groups is 1. The van der Waals surface area contributed by atoms with Crippen LogP contribution in [0.2, 0.25) is 0 Å². The van der Waals surface area contributed by atoms with E-state index in [0.29, 0.717) is 11.1 Å². The summed E-state index contributed by atoms with van der Waals surface area (Å²) in [5, 5.41) is 20.0. The first-order chi connectivity index (χ1) is 11.8. The molecule has 1 amide bonds. The molecule has 2 atom stereocenters. The number of rotatable bonds is 6. The van der Waals surface area contributed by atoms with Crippen molar-refractivity contribution < 1.29 is 9.21 Å². The monoisotopic (exact) mass is 358 g/mol. The van der Waals surface area contributed by atoms with E-state index in [1.165, 1.54) is 11.8 Å². The van der Waals surface area contributed by atoms with Crippen LogP contribution < -0.4 is 5.32 Å². The Hall–Kier alpha value is -2.33. The zero-order valence-corrected chi connectivity index (χ0v) is 15.8. The van der Waals surface area contributed by atoms with Gasteiger partial charge in [0.15, 0.2) is 0 Å². The first-order valence-corrected chi connectivity index (χ1v) is 8.94. The van der Waals surface area contributed by atoms with Gasteiger partial charge in [0, 0.05) is 5.56 Å². The molecule has 6 nitrogen and oxygen atoms in total. The quantitative estimate of drug-likeness (QED) is 0.794. The normalized spacial score (nSPS) is 14.6. The van der Waals surface area contributed by atoms with E-state index in [4.69, 9.17) is 4.42 Å². The third-order valence-electron chi connectivity index (χ3n) is 4.20. The number of carbonyl (C=O) groups excluding carboxylic acids is 1. The highest BCUT2D eigenvalue weighted by atomic mass is 32.2. The highest BCUT2D eigenvalue weighted by Crippen LogP contribution is 2.28. The number of hydrogen-bond acceptors (Lipinski definition) is 6. The second-order valence-electron chi connectivity index (χ2n) is 6.41. The fourth-order valence-electron chi connectivity index (χ4n) is 2.04. The summed E-state index contributed by atoms with van der Waals surface area (Å²) in [5.41, 5.74) is 0.999. The van der Waals surface area contributed by atoms with Crippen molar-refractivity contribution in [2.45, 2.75) is 50.6 Å². The molecule has 1 N–H and O–H groups in total. The number of nitrogens with one attached hydrogen (secondary N) is 1. The number of aromatic nitrogens is 2. The Bertz CT molecular complexity index is 796. The molecule has 2 aromatic rings. The van der Waals surface area contributed by atoms with Crippen LogP contribution in [0.25, 0.3) is 11.5 Å². The number of amides is 1. The Labute approximate surface area is 152 Å². The van der Waals surface area contributed by atoms with E-state index < -0.39 is 10.8 Å². The first-order valence-electron chi connectivity index (χ1n) is 8.06. The lowest BCUT2D eigenvalue weighted by Gasteiger charge is -2.28. The van der Waals surface area contributed by atoms with Crippen molar-refractivity contribution in [1.82, 2.24) is 15.5 Å². The van der Waals surface area contributed by atoms with Crippen molar-refractivity contribution in [2.75, 3.05) is 0 Å². The molecule has 0 spiro atoms. The molecule has 2 rings (SSSR count). The third kappa shape index (κ3) is 4.40. The number of nitrogens with zero attached hydrogens (tertiary/aromatic N) is 3. The minimum atomic E-state index is -0.910. The zero-order chi connectivity index (χ0) is 18.6. The Balaban J connectivity index is 2.07. The van der Waals surface area contributed by atoms with Gasteiger partial charge in [-0.15, -0.1) is 10.2 Å². The maximum Gasteiger partial charge on any atom is 0.277 e. The van der Waals surface area contributed by atoms with Gasteiger partial charge >= 0.3 is 0 Å². The van der Waals surface area contributed by atoms with Crippen LogP contribution in [0.4, 0.5) is 0 Å². The molecule has 25 heavy (non-hydrogen) atoms. The predicted octanol–water partition coefficient (Wildman–Crippen LogP) is 3.58. The van der Waals surface area contributed by atoms with Crippen LogP contribution in [-0.2, 0) is 4.79 Å². The van der Waals surface area contributed by atoms with Crippen LogP contribution in [0.1, 0.15) is 33.3 Å². The molecule has 1 heterocycles. The maximum atomic E-state index is 12.4. The number of hydrogen-bond donors (Lipinski definition) is 1. The van der Waals surface area contributed by atoms with Gasteiger partial charge in [0.25, 0.3) is 5.22 Å². The number of aryl methyl sites for hydroxylation is 1. The summed E-state index contributed by atoms with van der Waals surface area (Å²) in [6.07, 6.45) is 0. The number of carbonyl (C=O) groups is 1. The molecule has 132 valence electrons. The second-order valence-corrected chi connectivity index (χ2v) is 7.70. The standard InChI is InChI=1S/C18H22N4O2S/c1-11(2)18(5,10-19)20-15(23)13(4)25-17-22-21-16(24-17)14-9-7-6-8-12(14)3/h6-9,11,13H,1-5H3,(H,20,23)/t13-,18-/m0/s1. The largest absolute Gasteiger partial charge is 0.411 e. The summed E-state index contributed by atoms with van der Waals surface area (Å²) in [6, 6.07) is 9.90. The van der Waals surface area contributed by atoms with Gasteiger partial charge in [-0.05, 0) is 38.3 Å². The summed E-state index contributed by atoms with van der Waals surface area (Å²) in [7, 11) is 0. The summed E-state index contributed by atoms with van der Waals surface area (Å²) < 4.78 is 5.67. The van der Waals surface area contributed by atoms with Gasteiger partial charge in [-0.3, -0.25) is 4.79 Å². The molecule has 7 heteroatoms. The van der Waals surface area contributed by atoms with E-state index >= 15 is 0 Å². The fourth-order valence-corrected chi connectivity index (χ4v) is 2.73. The number of benzene rings is 1. The van der Waals surface area contributed by atoms with Crippen LogP contribution >= 0.6 is 11.8 Å². The molecular weight excluding hydrogens is 336 g/mol. The molecule has 0 unspecified atom stereocenters. The molecule has 0 saturated carbocycles. The van der Waals surface area contributed by atoms with E-state index in [0.717, 1.165) is 11.1 Å². The highest BCUT2D eigenvalue weighted by molar-refractivity contribution is 8.00. The summed E-state index contributed by atoms with van der Waals surface area (Å²) in [5.74, 6) is 0.186. The molecule has 0 aliphatic heterocycles. The molecule has 1 aromatic heterocycles. The molecule has 1 aromatic carbocycles. The van der Waals surface area contributed by atoms with Gasteiger partial charge in [0.2, 0.25) is 11.8 Å². The smallest absolute Gasteiger partial charge is 0.277 e. The lowest BCUT2D eigenvalue weighted by molar-refractivity contribution is -0.121. The van der Waals surface area contributed by atoms with Crippen LogP contribution in [0.3, 0.4) is 0 Å². The summed E-state index contributed by atoms with van der Waals surface area (Å²) >= 11 is 1.17. The van der Waals surface area contributed by atoms with Gasteiger partial charge in [-0.25, -0.2) is 0 Å². The Morgan fingerprint density at radius 1 is 1.32 bits per heavy atom. The molecule has 0 aliphatic rings. The Kier molecular flexibility index (Phi) is 5.85. The van der Waals surface area contributed by atoms with Crippen molar-refractivity contribution in [3.63, 3.8) is 0 Å². The fraction of sp³-hybridized carbons (Fsp3) is 0.444. The van der Waals surface area contributed by atoms with Crippen LogP contribution in [0.5, 0.6) is 0 Å². The molecule has 0 aliphatic carbocycles. The van der Waals surface area contributed by atoms with E-state index in [1.54, 1.807) is 13.8 Å². The summed E-state index contributed by atoms with van der Waals surface area (Å²) in [6.45, 7) is 9.23. The SMILES string of the molecule is Cc1ccccc1-c1nnc(S[C@@H](C)C(=O)N[C@@](C)(C#N)C(C)C)o1. The highest BCUT2D eigenvalue weighted by Gasteiger charge is 2.32. The predicted molar refractivity (Wildman–Crippen MR) is 96.8 cm³/mol. The molecule has 0 saturated heterocycles. The average Bonchev–Trinajstić information content (AvgIpc) is 3.03. The lowest BCUT2D eigenvalue weighted by Crippen LogP contribution is -2.51. The van der Waals surface area contributed by atoms with Gasteiger partial charge < -0.3 is 9.73 Å². The Morgan fingerprint density at radius 3 is 2.60 bits per heavy atom. The van der Waals surface area contributed by atoms with Crippen molar-refractivity contribution in [3.05, 3.63) is 29.8 Å². The first kappa shape index (κ1) is 19.0. The number of nitriles is 1. The minimum absolute atomic E-state index is 0.00490. The van der Waals surface area contributed by atoms with Gasteiger partial charge in [-0.2, -0.15) is 5.26 Å². The van der Waals surface area contributed by atoms with E-state index in [-0.39, 0.29) is 11.8 Å². The lowest BCUT2D eigenvalue weighted by atomic mass is 9.90. The average molecular weight is 358 g/mol. The topological polar surface area (TPSA) is 91.8 Å². The van der Waals surface area contributed by atoms with E-state index in [9.17, 15) is 10.1 Å². The van der Waals surface area contributed by atoms with Gasteiger partial charge in [0.1, 0.15) is 5.54 Å². The molecular formula is C18H22N4O2S. The molecule has 0 radical (unpaired) electrons. The van der Waals surface area contributed by atoms with E-state index in [1.807, 2.05) is 45.0 Å².